The van der Waals surface area contributed by atoms with Crippen LogP contribution in [-0.2, 0) is 33.5 Å². The highest BCUT2D eigenvalue weighted by molar-refractivity contribution is 6.38. The Kier molecular flexibility index (Phi) is 15.5. The lowest BCUT2D eigenvalue weighted by molar-refractivity contribution is -0.144. The lowest BCUT2D eigenvalue weighted by Crippen LogP contribution is -2.59. The number of amides is 6. The maximum absolute atomic E-state index is 14.0. The highest BCUT2D eigenvalue weighted by Crippen LogP contribution is 2.30. The van der Waals surface area contributed by atoms with E-state index in [0.29, 0.717) is 32.2 Å². The molecule has 0 bridgehead atoms. The molecule has 0 aromatic carbocycles. The van der Waals surface area contributed by atoms with Gasteiger partial charge in [0.15, 0.2) is 0 Å². The Morgan fingerprint density at radius 1 is 0.780 bits per heavy atom. The summed E-state index contributed by atoms with van der Waals surface area (Å²) >= 11 is 0. The van der Waals surface area contributed by atoms with E-state index in [4.69, 9.17) is 10.5 Å². The molecule has 50 heavy (non-hydrogen) atoms. The van der Waals surface area contributed by atoms with Crippen LogP contribution in [0.25, 0.3) is 0 Å². The van der Waals surface area contributed by atoms with Gasteiger partial charge in [-0.15, -0.1) is 0 Å². The maximum Gasteiger partial charge on any atom is 0.408 e. The maximum atomic E-state index is 14.0. The molecule has 0 aromatic rings. The summed E-state index contributed by atoms with van der Waals surface area (Å²) in [7, 11) is 0. The molecule has 1 aliphatic heterocycles. The van der Waals surface area contributed by atoms with Crippen molar-refractivity contribution >= 4 is 41.4 Å². The number of likely N-dealkylation sites (tertiary alicyclic amines) is 1. The van der Waals surface area contributed by atoms with Gasteiger partial charge in [-0.3, -0.25) is 28.8 Å². The first-order valence-corrected chi connectivity index (χ1v) is 18.7. The van der Waals surface area contributed by atoms with Crippen molar-refractivity contribution in [3.05, 3.63) is 0 Å². The third-order valence-corrected chi connectivity index (χ3v) is 10.1. The summed E-state index contributed by atoms with van der Waals surface area (Å²) in [5.74, 6) is -4.34. The molecule has 5 unspecified atom stereocenters. The van der Waals surface area contributed by atoms with E-state index in [1.807, 2.05) is 6.92 Å². The molecule has 14 heteroatoms. The van der Waals surface area contributed by atoms with E-state index in [2.05, 4.69) is 21.3 Å². The molecule has 1 saturated heterocycles. The molecular formula is C36H60N6O8. The number of ether oxygens (including phenoxy) is 1. The number of nitrogens with zero attached hydrogens (tertiary/aromatic N) is 1. The smallest absolute Gasteiger partial charge is 0.408 e. The van der Waals surface area contributed by atoms with Crippen LogP contribution in [0.2, 0.25) is 0 Å². The van der Waals surface area contributed by atoms with Gasteiger partial charge in [-0.2, -0.15) is 0 Å². The first kappa shape index (κ1) is 40.7. The van der Waals surface area contributed by atoms with E-state index in [1.54, 1.807) is 20.8 Å². The van der Waals surface area contributed by atoms with Gasteiger partial charge in [0.25, 0.3) is 5.91 Å². The number of primary amides is 1. The summed E-state index contributed by atoms with van der Waals surface area (Å²) in [5, 5.41) is 10.6. The zero-order valence-corrected chi connectivity index (χ0v) is 30.6. The van der Waals surface area contributed by atoms with Crippen LogP contribution in [0.15, 0.2) is 0 Å². The normalized spacial score (nSPS) is 21.2. The molecule has 282 valence electrons. The average Bonchev–Trinajstić information content (AvgIpc) is 3.57. The molecule has 0 aromatic heterocycles. The van der Waals surface area contributed by atoms with Crippen molar-refractivity contribution in [2.24, 2.45) is 17.6 Å². The van der Waals surface area contributed by atoms with Crippen LogP contribution in [0.1, 0.15) is 131 Å². The van der Waals surface area contributed by atoms with Crippen LogP contribution in [0, 0.1) is 11.8 Å². The number of ketones is 1. The fourth-order valence-corrected chi connectivity index (χ4v) is 7.37. The number of Topliss-reactive ketones (excluding diaryl/α,β-unsaturated/α-hetero) is 1. The number of hydrogen-bond acceptors (Lipinski definition) is 8. The third-order valence-electron chi connectivity index (χ3n) is 10.1. The van der Waals surface area contributed by atoms with Gasteiger partial charge in [-0.25, -0.2) is 4.79 Å². The van der Waals surface area contributed by atoms with E-state index in [9.17, 15) is 33.6 Å². The Labute approximate surface area is 296 Å². The quantitative estimate of drug-likeness (QED) is 0.160. The fraction of sp³-hybridized carbons (Fsp3) is 0.806. The molecular weight excluding hydrogens is 644 g/mol. The van der Waals surface area contributed by atoms with Crippen molar-refractivity contribution in [2.45, 2.75) is 167 Å². The lowest BCUT2D eigenvalue weighted by atomic mass is 9.83. The van der Waals surface area contributed by atoms with Gasteiger partial charge in [-0.1, -0.05) is 58.3 Å². The molecule has 2 saturated carbocycles. The zero-order chi connectivity index (χ0) is 37.0. The summed E-state index contributed by atoms with van der Waals surface area (Å²) in [6, 6.07) is -4.93. The van der Waals surface area contributed by atoms with Crippen molar-refractivity contribution in [3.8, 4) is 0 Å². The van der Waals surface area contributed by atoms with Crippen molar-refractivity contribution in [1.29, 1.82) is 0 Å². The van der Waals surface area contributed by atoms with Crippen LogP contribution >= 0.6 is 0 Å². The highest BCUT2D eigenvalue weighted by Gasteiger charge is 2.42. The molecule has 2 aliphatic carbocycles. The molecule has 14 nitrogen and oxygen atoms in total. The fourth-order valence-electron chi connectivity index (χ4n) is 7.37. The van der Waals surface area contributed by atoms with Crippen LogP contribution in [0.4, 0.5) is 4.79 Å². The predicted octanol–water partition coefficient (Wildman–Crippen LogP) is 2.75. The van der Waals surface area contributed by atoms with Gasteiger partial charge in [0.1, 0.15) is 29.8 Å². The van der Waals surface area contributed by atoms with Gasteiger partial charge in [0.05, 0.1) is 6.04 Å². The Balaban J connectivity index is 1.68. The van der Waals surface area contributed by atoms with Gasteiger partial charge in [0, 0.05) is 6.54 Å². The number of carbonyl (C=O) groups excluding carboxylic acids is 7. The van der Waals surface area contributed by atoms with Gasteiger partial charge in [0.2, 0.25) is 29.4 Å². The first-order chi connectivity index (χ1) is 23.6. The molecule has 0 radical (unpaired) electrons. The zero-order valence-electron chi connectivity index (χ0n) is 30.6. The summed E-state index contributed by atoms with van der Waals surface area (Å²) in [4.78, 5) is 93.7. The van der Waals surface area contributed by atoms with E-state index < -0.39 is 71.3 Å². The Bertz CT molecular complexity index is 1220. The molecule has 0 spiro atoms. The molecule has 3 rings (SSSR count). The lowest BCUT2D eigenvalue weighted by Gasteiger charge is -2.35. The van der Waals surface area contributed by atoms with E-state index >= 15 is 0 Å². The van der Waals surface area contributed by atoms with Gasteiger partial charge < -0.3 is 36.6 Å². The van der Waals surface area contributed by atoms with Crippen LogP contribution < -0.4 is 27.0 Å². The summed E-state index contributed by atoms with van der Waals surface area (Å²) < 4.78 is 5.46. The minimum atomic E-state index is -1.18. The van der Waals surface area contributed by atoms with Crippen molar-refractivity contribution in [1.82, 2.24) is 26.2 Å². The number of nitrogens with two attached hydrogens (primary N) is 1. The summed E-state index contributed by atoms with van der Waals surface area (Å²) in [5.41, 5.74) is 4.84. The standard InChI is InChI=1S/C36H60N6O8/c1-6-7-19-25(29(43)33(47)38-22(2)31(45)40-27(30(37)44)23-15-10-8-11-16-23)39-32(46)26-20-14-21-42(26)34(48)28(24-17-12-9-13-18-24)41-35(49)50-36(3,4)5/h22-28H,6-21H2,1-5H3,(H2,37,44)(H,38,47)(H,39,46)(H,40,45)(H,41,49). The number of unbranched alkanes of at least 4 members (excludes halogenated alkanes) is 1. The number of carbonyl (C=O) groups is 7. The van der Waals surface area contributed by atoms with Crippen LogP contribution in [-0.4, -0.2) is 88.7 Å². The predicted molar refractivity (Wildman–Crippen MR) is 186 cm³/mol. The number of hydrogen-bond donors (Lipinski definition) is 5. The second-order valence-electron chi connectivity index (χ2n) is 15.3. The molecule has 3 aliphatic rings. The highest BCUT2D eigenvalue weighted by atomic mass is 16.6. The van der Waals surface area contributed by atoms with Gasteiger partial charge >= 0.3 is 6.09 Å². The SMILES string of the molecule is CCCCC(NC(=O)C1CCCN1C(=O)C(NC(=O)OC(C)(C)C)C1CCCCC1)C(=O)C(=O)NC(C)C(=O)NC(C(N)=O)C1CCCCC1. The molecule has 5 atom stereocenters. The van der Waals surface area contributed by atoms with Crippen molar-refractivity contribution < 1.29 is 38.3 Å². The Hall–Kier alpha value is -3.71. The largest absolute Gasteiger partial charge is 0.444 e. The molecule has 6 N–H and O–H groups in total. The van der Waals surface area contributed by atoms with Crippen molar-refractivity contribution in [2.75, 3.05) is 6.54 Å². The monoisotopic (exact) mass is 704 g/mol. The van der Waals surface area contributed by atoms with Crippen LogP contribution in [0.3, 0.4) is 0 Å². The summed E-state index contributed by atoms with van der Waals surface area (Å²) in [6.45, 7) is 8.87. The molecule has 3 fully saturated rings. The number of rotatable bonds is 15. The number of nitrogens with one attached hydrogen (secondary N) is 4. The third kappa shape index (κ3) is 12.0. The minimum absolute atomic E-state index is 0.0866. The summed E-state index contributed by atoms with van der Waals surface area (Å²) in [6.07, 6.45) is 10.6. The topological polar surface area (TPSA) is 206 Å². The van der Waals surface area contributed by atoms with Crippen LogP contribution in [0.5, 0.6) is 0 Å². The molecule has 1 heterocycles. The average molecular weight is 705 g/mol. The number of alkyl carbamates (subject to hydrolysis) is 1. The molecule has 6 amide bonds. The van der Waals surface area contributed by atoms with E-state index in [0.717, 1.165) is 64.2 Å². The first-order valence-electron chi connectivity index (χ1n) is 18.7. The van der Waals surface area contributed by atoms with E-state index in [1.165, 1.54) is 11.8 Å². The Morgan fingerprint density at radius 2 is 1.36 bits per heavy atom. The Morgan fingerprint density at radius 3 is 1.90 bits per heavy atom. The second kappa shape index (κ2) is 19.1. The van der Waals surface area contributed by atoms with Crippen molar-refractivity contribution in [3.63, 3.8) is 0 Å². The van der Waals surface area contributed by atoms with E-state index in [-0.39, 0.29) is 24.2 Å². The minimum Gasteiger partial charge on any atom is -0.444 e. The van der Waals surface area contributed by atoms with Gasteiger partial charge in [-0.05, 0) is 84.5 Å². The second-order valence-corrected chi connectivity index (χ2v) is 15.3.